The van der Waals surface area contributed by atoms with E-state index in [9.17, 15) is 17.6 Å². The van der Waals surface area contributed by atoms with E-state index in [1.807, 2.05) is 0 Å². The summed E-state index contributed by atoms with van der Waals surface area (Å²) >= 11 is 0. The molecule has 0 aromatic rings. The summed E-state index contributed by atoms with van der Waals surface area (Å²) in [7, 11) is 0. The van der Waals surface area contributed by atoms with E-state index in [1.165, 1.54) is 0 Å². The Morgan fingerprint density at radius 2 is 1.25 bits per heavy atom. The summed E-state index contributed by atoms with van der Waals surface area (Å²) in [6.45, 7) is -0.359. The standard InChI is InChI=1S/C14H20F4O2/c1-12-4-9-2-10(5-12)19-7-13(15,16)14(17,18)8-20-11(3-9)6-12/h9-11H,2-8H2,1H3. The molecule has 2 unspecified atom stereocenters. The minimum Gasteiger partial charge on any atom is -0.372 e. The Morgan fingerprint density at radius 3 is 1.65 bits per heavy atom. The highest BCUT2D eigenvalue weighted by Gasteiger charge is 2.58. The lowest BCUT2D eigenvalue weighted by Gasteiger charge is -2.48. The van der Waals surface area contributed by atoms with Crippen molar-refractivity contribution in [3.8, 4) is 0 Å². The predicted molar refractivity (Wildman–Crippen MR) is 64.1 cm³/mol. The van der Waals surface area contributed by atoms with E-state index in [-0.39, 0.29) is 17.6 Å². The summed E-state index contributed by atoms with van der Waals surface area (Å²) < 4.78 is 64.6. The van der Waals surface area contributed by atoms with Crippen molar-refractivity contribution in [2.24, 2.45) is 11.3 Å². The van der Waals surface area contributed by atoms with Gasteiger partial charge in [0.25, 0.3) is 0 Å². The molecule has 4 bridgehead atoms. The Labute approximate surface area is 115 Å². The van der Waals surface area contributed by atoms with Gasteiger partial charge in [0.2, 0.25) is 0 Å². The van der Waals surface area contributed by atoms with Crippen LogP contribution in [-0.2, 0) is 9.47 Å². The molecule has 0 aromatic carbocycles. The molecule has 4 aliphatic rings. The molecule has 2 heterocycles. The molecular formula is C14H20F4O2. The summed E-state index contributed by atoms with van der Waals surface area (Å²) in [6.07, 6.45) is 3.02. The molecule has 0 aromatic heterocycles. The Balaban J connectivity index is 1.86. The van der Waals surface area contributed by atoms with Crippen molar-refractivity contribution < 1.29 is 27.0 Å². The van der Waals surface area contributed by atoms with Gasteiger partial charge in [-0.3, -0.25) is 0 Å². The van der Waals surface area contributed by atoms with Gasteiger partial charge in [0.1, 0.15) is 13.2 Å². The summed E-state index contributed by atoms with van der Waals surface area (Å²) in [5, 5.41) is 0. The fourth-order valence-electron chi connectivity index (χ4n) is 4.13. The third-order valence-corrected chi connectivity index (χ3v) is 4.95. The molecule has 6 heteroatoms. The second kappa shape index (κ2) is 4.57. The van der Waals surface area contributed by atoms with Crippen LogP contribution in [0.15, 0.2) is 0 Å². The van der Waals surface area contributed by atoms with Crippen molar-refractivity contribution in [1.82, 2.24) is 0 Å². The van der Waals surface area contributed by atoms with Crippen molar-refractivity contribution in [3.63, 3.8) is 0 Å². The lowest BCUT2D eigenvalue weighted by molar-refractivity contribution is -0.257. The van der Waals surface area contributed by atoms with E-state index < -0.39 is 25.1 Å². The minimum atomic E-state index is -4.17. The van der Waals surface area contributed by atoms with Gasteiger partial charge in [-0.2, -0.15) is 17.6 Å². The number of hydrogen-bond acceptors (Lipinski definition) is 2. The molecule has 0 radical (unpaired) electrons. The van der Waals surface area contributed by atoms with Crippen molar-refractivity contribution in [2.45, 2.75) is 63.1 Å². The topological polar surface area (TPSA) is 18.5 Å². The molecule has 2 atom stereocenters. The third-order valence-electron chi connectivity index (χ3n) is 4.95. The zero-order chi connectivity index (χ0) is 14.6. The highest BCUT2D eigenvalue weighted by Crippen LogP contribution is 2.51. The molecule has 2 aliphatic carbocycles. The SMILES string of the molecule is CC12CC3CC(C1)OCC(F)(F)C(F)(F)COC(C3)C2. The van der Waals surface area contributed by atoms with Crippen LogP contribution in [0, 0.1) is 11.3 Å². The molecule has 4 fully saturated rings. The van der Waals surface area contributed by atoms with Gasteiger partial charge in [-0.15, -0.1) is 0 Å². The van der Waals surface area contributed by atoms with Crippen LogP contribution in [0.25, 0.3) is 0 Å². The molecule has 2 aliphatic heterocycles. The largest absolute Gasteiger partial charge is 0.372 e. The molecule has 116 valence electrons. The Hall–Kier alpha value is -0.360. The molecule has 4 rings (SSSR count). The molecular weight excluding hydrogens is 276 g/mol. The third kappa shape index (κ3) is 2.56. The Morgan fingerprint density at radius 1 is 0.800 bits per heavy atom. The van der Waals surface area contributed by atoms with Gasteiger partial charge in [0.15, 0.2) is 0 Å². The maximum atomic E-state index is 13.6. The van der Waals surface area contributed by atoms with Crippen molar-refractivity contribution >= 4 is 0 Å². The van der Waals surface area contributed by atoms with E-state index in [2.05, 4.69) is 6.92 Å². The normalized spacial score (nSPS) is 47.0. The first-order valence-corrected chi connectivity index (χ1v) is 7.18. The lowest BCUT2D eigenvalue weighted by atomic mass is 9.61. The van der Waals surface area contributed by atoms with Crippen LogP contribution in [0.2, 0.25) is 0 Å². The first-order chi connectivity index (χ1) is 9.19. The van der Waals surface area contributed by atoms with Crippen LogP contribution in [0.4, 0.5) is 17.6 Å². The molecule has 0 spiro atoms. The van der Waals surface area contributed by atoms with Crippen molar-refractivity contribution in [2.75, 3.05) is 13.2 Å². The Bertz CT molecular complexity index is 355. The van der Waals surface area contributed by atoms with Crippen LogP contribution >= 0.6 is 0 Å². The lowest BCUT2D eigenvalue weighted by Crippen LogP contribution is -2.48. The van der Waals surface area contributed by atoms with E-state index in [0.717, 1.165) is 6.42 Å². The molecule has 0 N–H and O–H groups in total. The van der Waals surface area contributed by atoms with Crippen molar-refractivity contribution in [3.05, 3.63) is 0 Å². The van der Waals surface area contributed by atoms with Crippen LogP contribution < -0.4 is 0 Å². The highest BCUT2D eigenvalue weighted by atomic mass is 19.3. The average molecular weight is 296 g/mol. The van der Waals surface area contributed by atoms with Gasteiger partial charge < -0.3 is 9.47 Å². The monoisotopic (exact) mass is 296 g/mol. The van der Waals surface area contributed by atoms with E-state index in [1.54, 1.807) is 0 Å². The summed E-state index contributed by atoms with van der Waals surface area (Å²) in [5.41, 5.74) is -0.0363. The number of alkyl halides is 4. The summed E-state index contributed by atoms with van der Waals surface area (Å²) in [6, 6.07) is 0. The smallest absolute Gasteiger partial charge is 0.335 e. The molecule has 20 heavy (non-hydrogen) atoms. The molecule has 0 amide bonds. The molecule has 2 nitrogen and oxygen atoms in total. The van der Waals surface area contributed by atoms with Gasteiger partial charge in [0.05, 0.1) is 12.2 Å². The number of rotatable bonds is 0. The van der Waals surface area contributed by atoms with Crippen LogP contribution in [0.1, 0.15) is 39.0 Å². The number of halogens is 4. The van der Waals surface area contributed by atoms with Gasteiger partial charge in [-0.05, 0) is 43.4 Å². The summed E-state index contributed by atoms with van der Waals surface area (Å²) in [5.74, 6) is -8.01. The van der Waals surface area contributed by atoms with Gasteiger partial charge >= 0.3 is 11.8 Å². The number of fused-ring (bicyclic) bond motifs is 5. The van der Waals surface area contributed by atoms with E-state index >= 15 is 0 Å². The number of ether oxygens (including phenoxy) is 2. The van der Waals surface area contributed by atoms with Crippen LogP contribution in [-0.4, -0.2) is 37.3 Å². The maximum Gasteiger partial charge on any atom is 0.335 e. The van der Waals surface area contributed by atoms with E-state index in [4.69, 9.17) is 9.47 Å². The molecule has 2 saturated carbocycles. The Kier molecular flexibility index (Phi) is 3.33. The molecule has 2 saturated heterocycles. The fraction of sp³-hybridized carbons (Fsp3) is 1.00. The zero-order valence-electron chi connectivity index (χ0n) is 11.5. The predicted octanol–water partition coefficient (Wildman–Crippen LogP) is 3.64. The van der Waals surface area contributed by atoms with Gasteiger partial charge in [0, 0.05) is 0 Å². The first-order valence-electron chi connectivity index (χ1n) is 7.18. The van der Waals surface area contributed by atoms with Gasteiger partial charge in [-0.25, -0.2) is 0 Å². The average Bonchev–Trinajstić information content (AvgIpc) is 2.32. The minimum absolute atomic E-state index is 0.0363. The maximum absolute atomic E-state index is 13.6. The zero-order valence-corrected chi connectivity index (χ0v) is 11.5. The quantitative estimate of drug-likeness (QED) is 0.635. The van der Waals surface area contributed by atoms with Gasteiger partial charge in [-0.1, -0.05) is 6.92 Å². The van der Waals surface area contributed by atoms with Crippen molar-refractivity contribution in [1.29, 1.82) is 0 Å². The second-order valence-electron chi connectivity index (χ2n) is 7.04. The first kappa shape index (κ1) is 14.6. The van der Waals surface area contributed by atoms with Crippen LogP contribution in [0.5, 0.6) is 0 Å². The fourth-order valence-corrected chi connectivity index (χ4v) is 4.13. The second-order valence-corrected chi connectivity index (χ2v) is 7.04. The number of hydrogen-bond donors (Lipinski definition) is 0. The summed E-state index contributed by atoms with van der Waals surface area (Å²) in [4.78, 5) is 0. The highest BCUT2D eigenvalue weighted by molar-refractivity contribution is 4.97. The van der Waals surface area contributed by atoms with E-state index in [0.29, 0.717) is 31.6 Å². The van der Waals surface area contributed by atoms with Crippen LogP contribution in [0.3, 0.4) is 0 Å².